The van der Waals surface area contributed by atoms with Crippen LogP contribution >= 0.6 is 0 Å². The van der Waals surface area contributed by atoms with Crippen molar-refractivity contribution in [2.24, 2.45) is 5.92 Å². The van der Waals surface area contributed by atoms with E-state index >= 15 is 0 Å². The van der Waals surface area contributed by atoms with Crippen molar-refractivity contribution in [3.8, 4) is 0 Å². The first-order valence-electron chi connectivity index (χ1n) is 6.16. The molecule has 1 aliphatic carbocycles. The Bertz CT molecular complexity index is 346. The maximum atomic E-state index is 11.6. The minimum absolute atomic E-state index is 0.111. The molecule has 0 saturated heterocycles. The normalized spacial score (nSPS) is 20.1. The molecule has 1 fully saturated rings. The van der Waals surface area contributed by atoms with Crippen molar-refractivity contribution in [1.82, 2.24) is 4.72 Å². The Morgan fingerprint density at radius 3 is 2.41 bits per heavy atom. The summed E-state index contributed by atoms with van der Waals surface area (Å²) < 4.78 is 25.7. The summed E-state index contributed by atoms with van der Waals surface area (Å²) in [5.41, 5.74) is 0. The van der Waals surface area contributed by atoms with Crippen molar-refractivity contribution in [2.75, 3.05) is 5.75 Å². The average molecular weight is 263 g/mol. The molecule has 1 unspecified atom stereocenters. The number of hydrogen-bond acceptors (Lipinski definition) is 3. The zero-order chi connectivity index (χ0) is 12.9. The van der Waals surface area contributed by atoms with Gasteiger partial charge in [-0.15, -0.1) is 0 Å². The first kappa shape index (κ1) is 14.4. The van der Waals surface area contributed by atoms with Crippen LogP contribution < -0.4 is 4.72 Å². The van der Waals surface area contributed by atoms with E-state index in [4.69, 9.17) is 5.11 Å². The van der Waals surface area contributed by atoms with Crippen LogP contribution in [0, 0.1) is 5.92 Å². The van der Waals surface area contributed by atoms with E-state index in [-0.39, 0.29) is 6.04 Å². The van der Waals surface area contributed by atoms with Gasteiger partial charge in [-0.25, -0.2) is 13.1 Å². The molecule has 0 radical (unpaired) electrons. The molecule has 0 amide bonds. The maximum Gasteiger partial charge on any atom is 0.320 e. The van der Waals surface area contributed by atoms with Gasteiger partial charge in [-0.1, -0.05) is 26.2 Å². The van der Waals surface area contributed by atoms with E-state index < -0.39 is 21.7 Å². The molecule has 0 aromatic rings. The zero-order valence-corrected chi connectivity index (χ0v) is 11.0. The number of sulfonamides is 1. The van der Waals surface area contributed by atoms with Gasteiger partial charge in [0, 0.05) is 6.04 Å². The average Bonchev–Trinajstić information content (AvgIpc) is 2.25. The summed E-state index contributed by atoms with van der Waals surface area (Å²) in [4.78, 5) is 10.4. The fourth-order valence-corrected chi connectivity index (χ4v) is 3.71. The summed E-state index contributed by atoms with van der Waals surface area (Å²) in [5.74, 6) is -1.79. The maximum absolute atomic E-state index is 11.6. The van der Waals surface area contributed by atoms with Gasteiger partial charge in [-0.05, 0) is 25.2 Å². The summed E-state index contributed by atoms with van der Waals surface area (Å²) >= 11 is 0. The molecule has 2 N–H and O–H groups in total. The molecular formula is C11H21NO4S. The Hall–Kier alpha value is -0.620. The molecule has 1 saturated carbocycles. The smallest absolute Gasteiger partial charge is 0.320 e. The molecule has 0 aliphatic heterocycles. The van der Waals surface area contributed by atoms with Crippen LogP contribution in [0.3, 0.4) is 0 Å². The molecule has 1 rings (SSSR count). The van der Waals surface area contributed by atoms with Crippen LogP contribution in [-0.2, 0) is 14.8 Å². The molecule has 0 heterocycles. The second kappa shape index (κ2) is 6.35. The monoisotopic (exact) mass is 263 g/mol. The number of carbonyl (C=O) groups is 1. The molecule has 100 valence electrons. The molecule has 0 spiro atoms. The van der Waals surface area contributed by atoms with Gasteiger partial charge in [0.2, 0.25) is 10.0 Å². The lowest BCUT2D eigenvalue weighted by atomic mass is 9.83. The number of hydrogen-bond donors (Lipinski definition) is 2. The minimum atomic E-state index is -3.69. The second-order valence-corrected chi connectivity index (χ2v) is 6.44. The third-order valence-corrected chi connectivity index (χ3v) is 4.59. The fraction of sp³-hybridized carbons (Fsp3) is 0.909. The van der Waals surface area contributed by atoms with Crippen LogP contribution in [0.5, 0.6) is 0 Å². The number of nitrogens with one attached hydrogen (secondary N) is 1. The van der Waals surface area contributed by atoms with Crippen LogP contribution in [0.15, 0.2) is 0 Å². The van der Waals surface area contributed by atoms with Gasteiger partial charge < -0.3 is 5.11 Å². The highest BCUT2D eigenvalue weighted by atomic mass is 32.2. The first-order valence-corrected chi connectivity index (χ1v) is 7.81. The quantitative estimate of drug-likeness (QED) is 0.757. The zero-order valence-electron chi connectivity index (χ0n) is 10.2. The highest BCUT2D eigenvalue weighted by Gasteiger charge is 2.27. The van der Waals surface area contributed by atoms with Crippen molar-refractivity contribution < 1.29 is 18.3 Å². The van der Waals surface area contributed by atoms with Crippen LogP contribution in [0.2, 0.25) is 0 Å². The molecule has 0 bridgehead atoms. The van der Waals surface area contributed by atoms with Crippen molar-refractivity contribution in [1.29, 1.82) is 0 Å². The third kappa shape index (κ3) is 5.04. The molecule has 0 aromatic heterocycles. The molecular weight excluding hydrogens is 242 g/mol. The van der Waals surface area contributed by atoms with Gasteiger partial charge in [0.05, 0.1) is 0 Å². The molecule has 6 heteroatoms. The lowest BCUT2D eigenvalue weighted by Gasteiger charge is -2.29. The summed E-state index contributed by atoms with van der Waals surface area (Å²) in [7, 11) is -3.69. The van der Waals surface area contributed by atoms with Gasteiger partial charge in [-0.3, -0.25) is 4.79 Å². The SMILES string of the molecule is CCC(NS(=O)(=O)CC(=O)O)C1CCCCC1. The number of carboxylic acid groups (broad SMARTS) is 1. The van der Waals surface area contributed by atoms with Gasteiger partial charge in [-0.2, -0.15) is 0 Å². The van der Waals surface area contributed by atoms with E-state index in [0.29, 0.717) is 12.3 Å². The Kier molecular flexibility index (Phi) is 5.39. The molecule has 1 aliphatic rings. The fourth-order valence-electron chi connectivity index (χ4n) is 2.48. The molecule has 5 nitrogen and oxygen atoms in total. The molecule has 0 aromatic carbocycles. The van der Waals surface area contributed by atoms with E-state index in [1.165, 1.54) is 6.42 Å². The summed E-state index contributed by atoms with van der Waals surface area (Å²) in [5, 5.41) is 8.53. The Balaban J connectivity index is 2.59. The van der Waals surface area contributed by atoms with Crippen molar-refractivity contribution >= 4 is 16.0 Å². The molecule has 17 heavy (non-hydrogen) atoms. The van der Waals surface area contributed by atoms with Crippen LogP contribution in [0.25, 0.3) is 0 Å². The van der Waals surface area contributed by atoms with E-state index in [1.807, 2.05) is 6.92 Å². The molecule has 1 atom stereocenters. The van der Waals surface area contributed by atoms with Crippen LogP contribution in [0.1, 0.15) is 45.4 Å². The van der Waals surface area contributed by atoms with Gasteiger partial charge in [0.25, 0.3) is 0 Å². The van der Waals surface area contributed by atoms with Crippen LogP contribution in [-0.4, -0.2) is 31.3 Å². The summed E-state index contributed by atoms with van der Waals surface area (Å²) in [6, 6.07) is -0.111. The standard InChI is InChI=1S/C11H21NO4S/c1-2-10(9-6-4-3-5-7-9)12-17(15,16)8-11(13)14/h9-10,12H,2-8H2,1H3,(H,13,14). The number of aliphatic carboxylic acids is 1. The van der Waals surface area contributed by atoms with Crippen molar-refractivity contribution in [2.45, 2.75) is 51.5 Å². The summed E-state index contributed by atoms with van der Waals surface area (Å²) in [6.07, 6.45) is 6.28. The highest BCUT2D eigenvalue weighted by Crippen LogP contribution is 2.28. The van der Waals surface area contributed by atoms with E-state index in [2.05, 4.69) is 4.72 Å². The topological polar surface area (TPSA) is 83.5 Å². The predicted molar refractivity (Wildman–Crippen MR) is 65.2 cm³/mol. The number of carboxylic acids is 1. The van der Waals surface area contributed by atoms with E-state index in [1.54, 1.807) is 0 Å². The Morgan fingerprint density at radius 1 is 1.35 bits per heavy atom. The van der Waals surface area contributed by atoms with E-state index in [9.17, 15) is 13.2 Å². The van der Waals surface area contributed by atoms with Crippen molar-refractivity contribution in [3.05, 3.63) is 0 Å². The predicted octanol–water partition coefficient (Wildman–Crippen LogP) is 1.35. The minimum Gasteiger partial charge on any atom is -0.480 e. The number of rotatable bonds is 6. The lowest BCUT2D eigenvalue weighted by Crippen LogP contribution is -2.42. The van der Waals surface area contributed by atoms with Crippen LogP contribution in [0.4, 0.5) is 0 Å². The van der Waals surface area contributed by atoms with Gasteiger partial charge in [0.15, 0.2) is 5.75 Å². The van der Waals surface area contributed by atoms with E-state index in [0.717, 1.165) is 25.7 Å². The highest BCUT2D eigenvalue weighted by molar-refractivity contribution is 7.90. The third-order valence-electron chi connectivity index (χ3n) is 3.30. The van der Waals surface area contributed by atoms with Gasteiger partial charge >= 0.3 is 5.97 Å². The Labute approximate surface area is 103 Å². The largest absolute Gasteiger partial charge is 0.480 e. The lowest BCUT2D eigenvalue weighted by molar-refractivity contribution is -0.134. The van der Waals surface area contributed by atoms with Crippen molar-refractivity contribution in [3.63, 3.8) is 0 Å². The second-order valence-electron chi connectivity index (χ2n) is 4.68. The first-order chi connectivity index (χ1) is 7.94. The van der Waals surface area contributed by atoms with Gasteiger partial charge in [0.1, 0.15) is 0 Å². The Morgan fingerprint density at radius 2 is 1.94 bits per heavy atom. The summed E-state index contributed by atoms with van der Waals surface area (Å²) in [6.45, 7) is 1.93.